The van der Waals surface area contributed by atoms with Gasteiger partial charge in [-0.2, -0.15) is 0 Å². The molecule has 2 rings (SSSR count). The van der Waals surface area contributed by atoms with Crippen molar-refractivity contribution in [2.24, 2.45) is 5.92 Å². The SMILES string of the molecule is O=S(=O)(NC1CCCC1CO)c1ccc(F)cc1F. The zero-order chi connectivity index (χ0) is 14.0. The van der Waals surface area contributed by atoms with Gasteiger partial charge < -0.3 is 5.11 Å². The molecule has 0 spiro atoms. The molecule has 2 atom stereocenters. The van der Waals surface area contributed by atoms with Gasteiger partial charge in [-0.3, -0.25) is 0 Å². The number of hydrogen-bond acceptors (Lipinski definition) is 3. The minimum atomic E-state index is -4.04. The summed E-state index contributed by atoms with van der Waals surface area (Å²) in [5.41, 5.74) is 0. The Balaban J connectivity index is 2.23. The average molecular weight is 291 g/mol. The summed E-state index contributed by atoms with van der Waals surface area (Å²) < 4.78 is 52.7. The van der Waals surface area contributed by atoms with Gasteiger partial charge >= 0.3 is 0 Å². The molecule has 106 valence electrons. The third-order valence-electron chi connectivity index (χ3n) is 3.38. The van der Waals surface area contributed by atoms with Crippen molar-refractivity contribution >= 4 is 10.0 Å². The van der Waals surface area contributed by atoms with E-state index in [0.717, 1.165) is 25.0 Å². The van der Waals surface area contributed by atoms with Crippen LogP contribution in [-0.4, -0.2) is 26.2 Å². The van der Waals surface area contributed by atoms with E-state index in [1.54, 1.807) is 0 Å². The van der Waals surface area contributed by atoms with E-state index in [1.165, 1.54) is 0 Å². The topological polar surface area (TPSA) is 66.4 Å². The Kier molecular flexibility index (Phi) is 4.17. The molecule has 0 heterocycles. The zero-order valence-corrected chi connectivity index (χ0v) is 11.0. The Bertz CT molecular complexity index is 562. The van der Waals surface area contributed by atoms with Crippen LogP contribution >= 0.6 is 0 Å². The summed E-state index contributed by atoms with van der Waals surface area (Å²) in [6.45, 7) is -0.112. The fourth-order valence-corrected chi connectivity index (χ4v) is 3.77. The van der Waals surface area contributed by atoms with E-state index < -0.39 is 32.6 Å². The standard InChI is InChI=1S/C12H15F2NO3S/c13-9-4-5-12(10(14)6-9)19(17,18)15-11-3-1-2-8(11)7-16/h4-6,8,11,15-16H,1-3,7H2. The molecule has 2 unspecified atom stereocenters. The molecule has 0 amide bonds. The molecule has 1 aromatic carbocycles. The highest BCUT2D eigenvalue weighted by Crippen LogP contribution is 2.27. The first-order valence-corrected chi connectivity index (χ1v) is 7.50. The summed E-state index contributed by atoms with van der Waals surface area (Å²) in [7, 11) is -4.04. The van der Waals surface area contributed by atoms with Crippen LogP contribution in [0.5, 0.6) is 0 Å². The summed E-state index contributed by atoms with van der Waals surface area (Å²) in [5, 5.41) is 9.14. The molecular formula is C12H15F2NO3S. The third kappa shape index (κ3) is 3.10. The van der Waals surface area contributed by atoms with E-state index >= 15 is 0 Å². The Hall–Kier alpha value is -1.05. The maximum atomic E-state index is 13.5. The first-order valence-electron chi connectivity index (χ1n) is 6.02. The second-order valence-electron chi connectivity index (χ2n) is 4.68. The Labute approximate surface area is 110 Å². The number of nitrogens with one attached hydrogen (secondary N) is 1. The molecule has 1 aromatic rings. The van der Waals surface area contributed by atoms with Gasteiger partial charge in [0.25, 0.3) is 0 Å². The first-order chi connectivity index (χ1) is 8.94. The van der Waals surface area contributed by atoms with Crippen molar-refractivity contribution in [2.75, 3.05) is 6.61 Å². The average Bonchev–Trinajstić information content (AvgIpc) is 2.74. The Morgan fingerprint density at radius 1 is 1.32 bits per heavy atom. The van der Waals surface area contributed by atoms with Crippen LogP contribution in [0.15, 0.2) is 23.1 Å². The van der Waals surface area contributed by atoms with Gasteiger partial charge in [0, 0.05) is 18.7 Å². The number of sulfonamides is 1. The van der Waals surface area contributed by atoms with Crippen molar-refractivity contribution in [2.45, 2.75) is 30.2 Å². The smallest absolute Gasteiger partial charge is 0.243 e. The van der Waals surface area contributed by atoms with Crippen LogP contribution in [0.3, 0.4) is 0 Å². The predicted molar refractivity (Wildman–Crippen MR) is 64.9 cm³/mol. The summed E-state index contributed by atoms with van der Waals surface area (Å²) in [4.78, 5) is -0.572. The predicted octanol–water partition coefficient (Wildman–Crippen LogP) is 1.40. The van der Waals surface area contributed by atoms with E-state index in [0.29, 0.717) is 12.5 Å². The molecule has 0 aliphatic heterocycles. The van der Waals surface area contributed by atoms with Crippen molar-refractivity contribution in [1.82, 2.24) is 4.72 Å². The van der Waals surface area contributed by atoms with Crippen LogP contribution < -0.4 is 4.72 Å². The fraction of sp³-hybridized carbons (Fsp3) is 0.500. The highest BCUT2D eigenvalue weighted by atomic mass is 32.2. The number of benzene rings is 1. The molecule has 19 heavy (non-hydrogen) atoms. The van der Waals surface area contributed by atoms with E-state index in [9.17, 15) is 17.2 Å². The molecule has 1 aliphatic carbocycles. The normalized spacial score (nSPS) is 23.7. The molecule has 1 aliphatic rings. The number of halogens is 2. The maximum absolute atomic E-state index is 13.5. The number of hydrogen-bond donors (Lipinski definition) is 2. The molecule has 1 fully saturated rings. The van der Waals surface area contributed by atoms with Crippen molar-refractivity contribution in [3.63, 3.8) is 0 Å². The number of aliphatic hydroxyl groups excluding tert-OH is 1. The van der Waals surface area contributed by atoms with Gasteiger partial charge in [-0.05, 0) is 30.9 Å². The molecule has 0 radical (unpaired) electrons. The second kappa shape index (κ2) is 5.52. The highest BCUT2D eigenvalue weighted by Gasteiger charge is 2.31. The van der Waals surface area contributed by atoms with Crippen LogP contribution in [0.1, 0.15) is 19.3 Å². The monoisotopic (exact) mass is 291 g/mol. The lowest BCUT2D eigenvalue weighted by molar-refractivity contribution is 0.213. The van der Waals surface area contributed by atoms with E-state index in [2.05, 4.69) is 4.72 Å². The zero-order valence-electron chi connectivity index (χ0n) is 10.1. The second-order valence-corrected chi connectivity index (χ2v) is 6.36. The molecule has 0 bridgehead atoms. The van der Waals surface area contributed by atoms with E-state index in [-0.39, 0.29) is 12.5 Å². The van der Waals surface area contributed by atoms with Gasteiger partial charge in [0.2, 0.25) is 10.0 Å². The lowest BCUT2D eigenvalue weighted by atomic mass is 10.1. The van der Waals surface area contributed by atoms with Gasteiger partial charge in [-0.25, -0.2) is 21.9 Å². The summed E-state index contributed by atoms with van der Waals surface area (Å²) in [5.74, 6) is -2.10. The molecule has 0 saturated heterocycles. The van der Waals surface area contributed by atoms with Crippen LogP contribution in [0.2, 0.25) is 0 Å². The van der Waals surface area contributed by atoms with Crippen LogP contribution in [-0.2, 0) is 10.0 Å². The molecule has 2 N–H and O–H groups in total. The Morgan fingerprint density at radius 2 is 2.05 bits per heavy atom. The largest absolute Gasteiger partial charge is 0.396 e. The van der Waals surface area contributed by atoms with Crippen molar-refractivity contribution in [1.29, 1.82) is 0 Å². The van der Waals surface area contributed by atoms with Gasteiger partial charge in [0.1, 0.15) is 16.5 Å². The van der Waals surface area contributed by atoms with Crippen molar-refractivity contribution < 1.29 is 22.3 Å². The summed E-state index contributed by atoms with van der Waals surface area (Å²) >= 11 is 0. The fourth-order valence-electron chi connectivity index (χ4n) is 2.37. The first kappa shape index (κ1) is 14.4. The number of aliphatic hydroxyl groups is 1. The molecule has 1 saturated carbocycles. The summed E-state index contributed by atoms with van der Waals surface area (Å²) in [6.07, 6.45) is 2.15. The third-order valence-corrected chi connectivity index (χ3v) is 4.91. The number of rotatable bonds is 4. The van der Waals surface area contributed by atoms with Crippen molar-refractivity contribution in [3.05, 3.63) is 29.8 Å². The minimum absolute atomic E-state index is 0.112. The van der Waals surface area contributed by atoms with Gasteiger partial charge in [-0.15, -0.1) is 0 Å². The van der Waals surface area contributed by atoms with Crippen LogP contribution in [0.25, 0.3) is 0 Å². The lowest BCUT2D eigenvalue weighted by Crippen LogP contribution is -2.38. The molecule has 0 aromatic heterocycles. The van der Waals surface area contributed by atoms with E-state index in [4.69, 9.17) is 5.11 Å². The lowest BCUT2D eigenvalue weighted by Gasteiger charge is -2.19. The van der Waals surface area contributed by atoms with Gasteiger partial charge in [-0.1, -0.05) is 6.42 Å². The molecule has 4 nitrogen and oxygen atoms in total. The van der Waals surface area contributed by atoms with Crippen LogP contribution in [0.4, 0.5) is 8.78 Å². The van der Waals surface area contributed by atoms with Gasteiger partial charge in [0.05, 0.1) is 0 Å². The van der Waals surface area contributed by atoms with Gasteiger partial charge in [0.15, 0.2) is 0 Å². The van der Waals surface area contributed by atoms with E-state index in [1.807, 2.05) is 0 Å². The summed E-state index contributed by atoms with van der Waals surface area (Å²) in [6, 6.07) is 1.93. The van der Waals surface area contributed by atoms with Crippen LogP contribution in [0, 0.1) is 17.6 Å². The molecular weight excluding hydrogens is 276 g/mol. The maximum Gasteiger partial charge on any atom is 0.243 e. The minimum Gasteiger partial charge on any atom is -0.396 e. The Morgan fingerprint density at radius 3 is 2.68 bits per heavy atom. The van der Waals surface area contributed by atoms with Crippen molar-refractivity contribution in [3.8, 4) is 0 Å². The quantitative estimate of drug-likeness (QED) is 0.881. The highest BCUT2D eigenvalue weighted by molar-refractivity contribution is 7.89. The molecule has 7 heteroatoms.